The average Bonchev–Trinajstić information content (AvgIpc) is 2.34. The van der Waals surface area contributed by atoms with Crippen molar-refractivity contribution in [3.05, 3.63) is 29.3 Å². The zero-order chi connectivity index (χ0) is 14.4. The Labute approximate surface area is 114 Å². The van der Waals surface area contributed by atoms with Crippen molar-refractivity contribution < 1.29 is 14.6 Å². The van der Waals surface area contributed by atoms with Gasteiger partial charge in [0.1, 0.15) is 5.75 Å². The van der Waals surface area contributed by atoms with Crippen molar-refractivity contribution >= 4 is 5.97 Å². The monoisotopic (exact) mass is 265 g/mol. The lowest BCUT2D eigenvalue weighted by atomic mass is 10.1. The molecule has 4 nitrogen and oxygen atoms in total. The summed E-state index contributed by atoms with van der Waals surface area (Å²) in [5.74, 6) is -0.238. The molecule has 0 heterocycles. The van der Waals surface area contributed by atoms with Crippen LogP contribution in [0.2, 0.25) is 0 Å². The topological polar surface area (TPSA) is 58.6 Å². The summed E-state index contributed by atoms with van der Waals surface area (Å²) in [6, 6.07) is 6.23. The molecule has 0 aliphatic rings. The predicted octanol–water partition coefficient (Wildman–Crippen LogP) is 2.74. The molecule has 19 heavy (non-hydrogen) atoms. The Kier molecular flexibility index (Phi) is 5.83. The molecule has 1 aromatic rings. The number of carboxylic acid groups (broad SMARTS) is 1. The van der Waals surface area contributed by atoms with Crippen molar-refractivity contribution in [1.29, 1.82) is 0 Å². The first-order valence-electron chi connectivity index (χ1n) is 6.67. The highest BCUT2D eigenvalue weighted by Gasteiger charge is 2.19. The fraction of sp³-hybridized carbons (Fsp3) is 0.533. The summed E-state index contributed by atoms with van der Waals surface area (Å²) in [6.45, 7) is 8.56. The molecule has 0 bridgehead atoms. The van der Waals surface area contributed by atoms with Gasteiger partial charge in [0.15, 0.2) is 6.10 Å². The number of carboxylic acids is 1. The maximum atomic E-state index is 11.1. The molecule has 0 saturated carbocycles. The molecule has 0 aliphatic carbocycles. The van der Waals surface area contributed by atoms with Crippen LogP contribution in [0, 0.1) is 6.92 Å². The van der Waals surface area contributed by atoms with E-state index in [1.165, 1.54) is 0 Å². The largest absolute Gasteiger partial charge is 0.479 e. The minimum atomic E-state index is -0.923. The minimum absolute atomic E-state index is 0.370. The minimum Gasteiger partial charge on any atom is -0.479 e. The van der Waals surface area contributed by atoms with Crippen molar-refractivity contribution in [3.8, 4) is 5.75 Å². The van der Waals surface area contributed by atoms with Crippen LogP contribution >= 0.6 is 0 Å². The van der Waals surface area contributed by atoms with Gasteiger partial charge in [-0.3, -0.25) is 0 Å². The first-order chi connectivity index (χ1) is 8.95. The number of ether oxygens (including phenoxy) is 1. The number of para-hydroxylation sites is 1. The van der Waals surface area contributed by atoms with Gasteiger partial charge in [0.05, 0.1) is 0 Å². The van der Waals surface area contributed by atoms with Crippen molar-refractivity contribution in [2.75, 3.05) is 0 Å². The molecule has 0 amide bonds. The van der Waals surface area contributed by atoms with Gasteiger partial charge < -0.3 is 15.2 Å². The molecule has 106 valence electrons. The number of rotatable bonds is 7. The van der Waals surface area contributed by atoms with Gasteiger partial charge in [-0.2, -0.15) is 0 Å². The Hall–Kier alpha value is -1.55. The Balaban J connectivity index is 2.93. The highest BCUT2D eigenvalue weighted by Crippen LogP contribution is 2.25. The normalized spacial score (nSPS) is 12.5. The molecule has 1 atom stereocenters. The molecule has 4 heteroatoms. The van der Waals surface area contributed by atoms with Crippen molar-refractivity contribution in [2.45, 2.75) is 52.8 Å². The van der Waals surface area contributed by atoms with Gasteiger partial charge in [0.2, 0.25) is 0 Å². The summed E-state index contributed by atoms with van der Waals surface area (Å²) in [4.78, 5) is 11.1. The Morgan fingerprint density at radius 1 is 1.42 bits per heavy atom. The van der Waals surface area contributed by atoms with Crippen LogP contribution < -0.4 is 10.1 Å². The lowest BCUT2D eigenvalue weighted by Gasteiger charge is -2.19. The average molecular weight is 265 g/mol. The molecule has 2 N–H and O–H groups in total. The van der Waals surface area contributed by atoms with E-state index in [1.54, 1.807) is 0 Å². The number of benzene rings is 1. The Morgan fingerprint density at radius 3 is 2.63 bits per heavy atom. The highest BCUT2D eigenvalue weighted by atomic mass is 16.5. The second-order valence-corrected chi connectivity index (χ2v) is 4.95. The standard InChI is InChI=1S/C15H23NO3/c1-5-13(15(17)18)19-14-11(4)7-6-8-12(14)9-16-10(2)3/h6-8,10,13,16H,5,9H2,1-4H3,(H,17,18). The first kappa shape index (κ1) is 15.5. The zero-order valence-corrected chi connectivity index (χ0v) is 12.1. The van der Waals surface area contributed by atoms with Crippen LogP contribution in [0.1, 0.15) is 38.3 Å². The quantitative estimate of drug-likeness (QED) is 0.796. The van der Waals surface area contributed by atoms with Crippen LogP contribution in [-0.4, -0.2) is 23.2 Å². The van der Waals surface area contributed by atoms with Gasteiger partial charge in [-0.1, -0.05) is 39.0 Å². The van der Waals surface area contributed by atoms with E-state index in [9.17, 15) is 4.79 Å². The van der Waals surface area contributed by atoms with E-state index < -0.39 is 12.1 Å². The number of aryl methyl sites for hydroxylation is 1. The molecule has 0 saturated heterocycles. The lowest BCUT2D eigenvalue weighted by molar-refractivity contribution is -0.145. The summed E-state index contributed by atoms with van der Waals surface area (Å²) in [5, 5.41) is 12.4. The second kappa shape index (κ2) is 7.14. The van der Waals surface area contributed by atoms with E-state index >= 15 is 0 Å². The molecule has 0 radical (unpaired) electrons. The third-order valence-electron chi connectivity index (χ3n) is 2.90. The molecular formula is C15H23NO3. The number of aliphatic carboxylic acids is 1. The third kappa shape index (κ3) is 4.56. The maximum Gasteiger partial charge on any atom is 0.344 e. The zero-order valence-electron chi connectivity index (χ0n) is 12.1. The molecule has 1 aromatic carbocycles. The van der Waals surface area contributed by atoms with Gasteiger partial charge in [0.25, 0.3) is 0 Å². The second-order valence-electron chi connectivity index (χ2n) is 4.95. The highest BCUT2D eigenvalue weighted by molar-refractivity contribution is 5.72. The molecule has 1 rings (SSSR count). The van der Waals surface area contributed by atoms with Gasteiger partial charge in [-0.05, 0) is 18.9 Å². The van der Waals surface area contributed by atoms with Crippen LogP contribution in [0.15, 0.2) is 18.2 Å². The molecule has 0 spiro atoms. The molecular weight excluding hydrogens is 242 g/mol. The fourth-order valence-corrected chi connectivity index (χ4v) is 1.79. The summed E-state index contributed by atoms with van der Waals surface area (Å²) < 4.78 is 5.68. The van der Waals surface area contributed by atoms with E-state index in [2.05, 4.69) is 19.2 Å². The summed E-state index contributed by atoms with van der Waals surface area (Å²) in [5.41, 5.74) is 1.95. The van der Waals surface area contributed by atoms with Gasteiger partial charge in [-0.15, -0.1) is 0 Å². The van der Waals surface area contributed by atoms with Crippen molar-refractivity contribution in [1.82, 2.24) is 5.32 Å². The number of hydrogen-bond donors (Lipinski definition) is 2. The summed E-state index contributed by atoms with van der Waals surface area (Å²) in [6.07, 6.45) is -0.348. The first-order valence-corrected chi connectivity index (χ1v) is 6.67. The van der Waals surface area contributed by atoms with Crippen LogP contribution in [-0.2, 0) is 11.3 Å². The maximum absolute atomic E-state index is 11.1. The fourth-order valence-electron chi connectivity index (χ4n) is 1.79. The van der Waals surface area contributed by atoms with Gasteiger partial charge in [0, 0.05) is 18.2 Å². The molecule has 0 aliphatic heterocycles. The molecule has 0 aromatic heterocycles. The van der Waals surface area contributed by atoms with Crippen molar-refractivity contribution in [2.24, 2.45) is 0 Å². The van der Waals surface area contributed by atoms with Crippen LogP contribution in [0.3, 0.4) is 0 Å². The SMILES string of the molecule is CCC(Oc1c(C)cccc1CNC(C)C)C(=O)O. The van der Waals surface area contributed by atoms with E-state index in [4.69, 9.17) is 9.84 Å². The van der Waals surface area contributed by atoms with E-state index in [0.29, 0.717) is 24.8 Å². The van der Waals surface area contributed by atoms with Crippen molar-refractivity contribution in [3.63, 3.8) is 0 Å². The number of hydrogen-bond acceptors (Lipinski definition) is 3. The molecule has 0 fully saturated rings. The number of carbonyl (C=O) groups is 1. The van der Waals surface area contributed by atoms with E-state index in [0.717, 1.165) is 11.1 Å². The van der Waals surface area contributed by atoms with Crippen LogP contribution in [0.25, 0.3) is 0 Å². The Bertz CT molecular complexity index is 429. The Morgan fingerprint density at radius 2 is 2.11 bits per heavy atom. The van der Waals surface area contributed by atoms with Gasteiger partial charge in [-0.25, -0.2) is 4.79 Å². The summed E-state index contributed by atoms with van der Waals surface area (Å²) in [7, 11) is 0. The predicted molar refractivity (Wildman–Crippen MR) is 75.5 cm³/mol. The van der Waals surface area contributed by atoms with Crippen LogP contribution in [0.4, 0.5) is 0 Å². The molecule has 1 unspecified atom stereocenters. The van der Waals surface area contributed by atoms with E-state index in [-0.39, 0.29) is 0 Å². The smallest absolute Gasteiger partial charge is 0.344 e. The van der Waals surface area contributed by atoms with E-state index in [1.807, 2.05) is 32.0 Å². The lowest BCUT2D eigenvalue weighted by Crippen LogP contribution is -2.28. The van der Waals surface area contributed by atoms with Gasteiger partial charge >= 0.3 is 5.97 Å². The number of nitrogens with one attached hydrogen (secondary N) is 1. The summed E-state index contributed by atoms with van der Waals surface area (Å²) >= 11 is 0. The van der Waals surface area contributed by atoms with Crippen LogP contribution in [0.5, 0.6) is 5.75 Å². The third-order valence-corrected chi connectivity index (χ3v) is 2.90.